The third kappa shape index (κ3) is 32.2. The van der Waals surface area contributed by atoms with Gasteiger partial charge < -0.3 is 25.6 Å². The fraction of sp³-hybridized carbons (Fsp3) is 0.870. The smallest absolute Gasteiger partial charge is 0.356 e. The van der Waals surface area contributed by atoms with Crippen LogP contribution in [0.3, 0.4) is 0 Å². The van der Waals surface area contributed by atoms with Gasteiger partial charge in [0.1, 0.15) is 12.1 Å². The molecule has 0 spiro atoms. The van der Waals surface area contributed by atoms with E-state index in [0.717, 1.165) is 64.9 Å². The number of hydrogen-bond acceptors (Lipinski definition) is 12. The first-order valence-corrected chi connectivity index (χ1v) is 18.7. The third-order valence-corrected chi connectivity index (χ3v) is 9.37. The molecule has 2 atom stereocenters. The molecule has 0 heterocycles. The molecule has 0 aromatic heterocycles. The maximum atomic E-state index is 11.9. The first kappa shape index (κ1) is 41.8. The van der Waals surface area contributed by atoms with Crippen LogP contribution < -0.4 is 11.1 Å². The second-order valence-corrected chi connectivity index (χ2v) is 14.2. The van der Waals surface area contributed by atoms with Crippen molar-refractivity contribution in [1.82, 2.24) is 5.32 Å². The summed E-state index contributed by atoms with van der Waals surface area (Å²) in [5.41, 5.74) is 4.66. The second kappa shape index (κ2) is 28.8. The largest absolute Gasteiger partial charge is 0.471 e. The number of nitrogens with two attached hydrogens (primary N) is 1. The van der Waals surface area contributed by atoms with Gasteiger partial charge >= 0.3 is 15.6 Å². The van der Waals surface area contributed by atoms with E-state index < -0.39 is 15.6 Å². The highest BCUT2D eigenvalue weighted by Crippen LogP contribution is 2.42. The van der Waals surface area contributed by atoms with E-state index in [0.29, 0.717) is 50.7 Å². The summed E-state index contributed by atoms with van der Waals surface area (Å²) >= 11 is 0. The highest BCUT2D eigenvalue weighted by molar-refractivity contribution is 8.76. The van der Waals surface area contributed by atoms with Gasteiger partial charge in [-0.3, -0.25) is 27.7 Å². The van der Waals surface area contributed by atoms with Gasteiger partial charge in [0.2, 0.25) is 5.91 Å². The van der Waals surface area contributed by atoms with Crippen LogP contribution in [0.25, 0.3) is 0 Å². The molecule has 0 aromatic carbocycles. The van der Waals surface area contributed by atoms with Crippen molar-refractivity contribution in [2.45, 2.75) is 77.0 Å². The Morgan fingerprint density at radius 1 is 0.775 bits per heavy atom. The highest BCUT2D eigenvalue weighted by Gasteiger charge is 2.18. The van der Waals surface area contributed by atoms with Gasteiger partial charge in [0.05, 0.1) is 13.2 Å². The Morgan fingerprint density at radius 2 is 1.23 bits per heavy atom. The average molecular weight is 655 g/mol. The van der Waals surface area contributed by atoms with Gasteiger partial charge in [-0.25, -0.2) is 9.13 Å². The van der Waals surface area contributed by atoms with Gasteiger partial charge in [-0.1, -0.05) is 53.7 Å². The van der Waals surface area contributed by atoms with Gasteiger partial charge in [0, 0.05) is 58.1 Å². The van der Waals surface area contributed by atoms with Gasteiger partial charge in [-0.15, -0.1) is 0 Å². The number of aldehydes is 1. The zero-order valence-electron chi connectivity index (χ0n) is 23.7. The molecular formula is C23H48N2O11P2S2. The van der Waals surface area contributed by atoms with Crippen LogP contribution in [0.4, 0.5) is 0 Å². The summed E-state index contributed by atoms with van der Waals surface area (Å²) in [5.74, 6) is 1.70. The van der Waals surface area contributed by atoms with E-state index in [-0.39, 0.29) is 31.4 Å². The molecule has 5 N–H and O–H groups in total. The number of Topliss-reactive ketones (excluding diaryl/α,β-unsaturated/α-hetero) is 1. The number of carbonyl (C=O) groups excluding carboxylic acids is 3. The summed E-state index contributed by atoms with van der Waals surface area (Å²) in [7, 11) is -2.28. The number of hydrogen-bond donors (Lipinski definition) is 4. The lowest BCUT2D eigenvalue weighted by molar-refractivity contribution is -0.121. The van der Waals surface area contributed by atoms with E-state index in [9.17, 15) is 18.7 Å². The molecule has 0 saturated heterocycles. The number of nitrogens with one attached hydrogen (secondary N) is 1. The number of phosphoric acid groups is 2. The van der Waals surface area contributed by atoms with Crippen molar-refractivity contribution >= 4 is 55.2 Å². The first-order chi connectivity index (χ1) is 19.0. The van der Waals surface area contributed by atoms with Crippen LogP contribution in [-0.2, 0) is 41.6 Å². The summed E-state index contributed by atoms with van der Waals surface area (Å²) in [6.45, 7) is 1.09. The summed E-state index contributed by atoms with van der Waals surface area (Å²) in [4.78, 5) is 51.0. The zero-order valence-corrected chi connectivity index (χ0v) is 27.1. The summed E-state index contributed by atoms with van der Waals surface area (Å²) in [5, 5.41) is 2.88. The molecule has 40 heavy (non-hydrogen) atoms. The number of unbranched alkanes of at least 4 members (excludes halogenated alkanes) is 7. The number of rotatable bonds is 27. The van der Waals surface area contributed by atoms with Crippen molar-refractivity contribution in [3.8, 4) is 0 Å². The predicted molar refractivity (Wildman–Crippen MR) is 159 cm³/mol. The lowest BCUT2D eigenvalue weighted by Crippen LogP contribution is -2.24. The highest BCUT2D eigenvalue weighted by atomic mass is 33.1. The van der Waals surface area contributed by atoms with Crippen LogP contribution >= 0.6 is 37.2 Å². The Hall–Kier alpha value is -0.310. The Balaban J connectivity index is 0. The normalized spacial score (nSPS) is 13.9. The predicted octanol–water partition coefficient (Wildman–Crippen LogP) is 4.41. The Labute approximate surface area is 246 Å². The molecule has 1 amide bonds. The molecule has 0 aromatic rings. The Kier molecular flexibility index (Phi) is 30.1. The van der Waals surface area contributed by atoms with Crippen LogP contribution in [0.1, 0.15) is 77.0 Å². The minimum Gasteiger partial charge on any atom is -0.356 e. The van der Waals surface area contributed by atoms with E-state index in [1.165, 1.54) is 0 Å². The molecule has 0 rings (SSSR count). The maximum Gasteiger partial charge on any atom is 0.471 e. The zero-order chi connectivity index (χ0) is 30.5. The summed E-state index contributed by atoms with van der Waals surface area (Å²) in [6.07, 6.45) is 9.72. The minimum atomic E-state index is -3.88. The Bertz CT molecular complexity index is 696. The number of phosphoric ester groups is 2. The molecule has 17 heteroatoms. The Morgan fingerprint density at radius 3 is 1.73 bits per heavy atom. The fourth-order valence-electron chi connectivity index (χ4n) is 2.85. The average Bonchev–Trinajstić information content (AvgIpc) is 2.93. The van der Waals surface area contributed by atoms with Gasteiger partial charge in [-0.05, 0) is 25.7 Å². The van der Waals surface area contributed by atoms with E-state index in [1.54, 1.807) is 21.6 Å². The van der Waals surface area contributed by atoms with Crippen molar-refractivity contribution in [2.75, 3.05) is 52.0 Å². The number of amides is 1. The van der Waals surface area contributed by atoms with E-state index in [1.807, 2.05) is 0 Å². The van der Waals surface area contributed by atoms with Crippen LogP contribution in [0, 0.1) is 0 Å². The fourth-order valence-corrected chi connectivity index (χ4v) is 5.80. The SMILES string of the molecule is COP(=O)(O)OCCCCCCCC(=O)CCSSCCC(=O)NCCCCCCOP(=O)(O)OC.NCC=O. The van der Waals surface area contributed by atoms with Gasteiger partial charge in [-0.2, -0.15) is 0 Å². The van der Waals surface area contributed by atoms with E-state index in [2.05, 4.69) is 20.1 Å². The molecule has 2 unspecified atom stereocenters. The number of carbonyl (C=O) groups is 3. The lowest BCUT2D eigenvalue weighted by atomic mass is 10.1. The molecule has 238 valence electrons. The summed E-state index contributed by atoms with van der Waals surface area (Å²) in [6, 6.07) is 0. The molecule has 0 aliphatic rings. The molecule has 0 aliphatic carbocycles. The van der Waals surface area contributed by atoms with Crippen molar-refractivity contribution in [3.63, 3.8) is 0 Å². The molecule has 0 fully saturated rings. The topological polar surface area (TPSA) is 201 Å². The molecule has 0 saturated carbocycles. The molecule has 0 bridgehead atoms. The van der Waals surface area contributed by atoms with Crippen LogP contribution in [0.2, 0.25) is 0 Å². The van der Waals surface area contributed by atoms with Crippen LogP contribution in [0.15, 0.2) is 0 Å². The number of ketones is 1. The first-order valence-electron chi connectivity index (χ1n) is 13.3. The second-order valence-electron chi connectivity index (χ2n) is 8.34. The molecule has 0 radical (unpaired) electrons. The monoisotopic (exact) mass is 654 g/mol. The van der Waals surface area contributed by atoms with Crippen LogP contribution in [-0.4, -0.2) is 79.8 Å². The molecule has 13 nitrogen and oxygen atoms in total. The van der Waals surface area contributed by atoms with E-state index in [4.69, 9.17) is 23.6 Å². The van der Waals surface area contributed by atoms with Gasteiger partial charge in [0.15, 0.2) is 0 Å². The van der Waals surface area contributed by atoms with Crippen molar-refractivity contribution in [2.24, 2.45) is 5.73 Å². The van der Waals surface area contributed by atoms with Crippen LogP contribution in [0.5, 0.6) is 0 Å². The third-order valence-electron chi connectivity index (χ3n) is 5.02. The maximum absolute atomic E-state index is 11.9. The van der Waals surface area contributed by atoms with Gasteiger partial charge in [0.25, 0.3) is 0 Å². The van der Waals surface area contributed by atoms with Crippen molar-refractivity contribution < 1.29 is 51.4 Å². The minimum absolute atomic E-state index is 0.0134. The summed E-state index contributed by atoms with van der Waals surface area (Å²) < 4.78 is 40.3. The quantitative estimate of drug-likeness (QED) is 0.0420. The molecule has 0 aliphatic heterocycles. The molecular weight excluding hydrogens is 606 g/mol. The van der Waals surface area contributed by atoms with Crippen molar-refractivity contribution in [3.05, 3.63) is 0 Å². The van der Waals surface area contributed by atoms with Crippen molar-refractivity contribution in [1.29, 1.82) is 0 Å². The lowest BCUT2D eigenvalue weighted by Gasteiger charge is -2.08. The van der Waals surface area contributed by atoms with E-state index >= 15 is 0 Å². The standard InChI is InChI=1S/C21H43NO10P2S2.C2H5NO/c1-29-33(25,26)31-16-10-6-3-4-8-12-20(23)13-18-35-36-19-14-21(24)22-15-9-5-7-11-17-32-34(27,28)30-2;3-1-2-4/h3-19H2,1-2H3,(H,22,24)(H,25,26)(H,27,28);2H,1,3H2.